The molecular weight excluding hydrogens is 438 g/mol. The number of hydrogen-bond acceptors (Lipinski definition) is 3. The second-order valence-corrected chi connectivity index (χ2v) is 10.9. The van der Waals surface area contributed by atoms with Crippen LogP contribution in [0, 0.1) is 24.2 Å². The topological polar surface area (TPSA) is 27.3 Å². The fourth-order valence-corrected chi connectivity index (χ4v) is 4.20. The highest BCUT2D eigenvalue weighted by molar-refractivity contribution is 5.11. The van der Waals surface area contributed by atoms with Gasteiger partial charge in [-0.3, -0.25) is 0 Å². The summed E-state index contributed by atoms with van der Waals surface area (Å²) in [5.74, 6) is 1.92. The molecule has 0 radical (unpaired) electrons. The van der Waals surface area contributed by atoms with Gasteiger partial charge >= 0.3 is 0 Å². The van der Waals surface area contributed by atoms with Crippen molar-refractivity contribution < 1.29 is 0 Å². The molecule has 1 aliphatic carbocycles. The molecule has 2 N–H and O–H groups in total. The lowest BCUT2D eigenvalue weighted by Crippen LogP contribution is -2.54. The van der Waals surface area contributed by atoms with Crippen LogP contribution in [-0.2, 0) is 0 Å². The molecule has 3 rings (SSSR count). The monoisotopic (exact) mass is 506 g/mol. The largest absolute Gasteiger partial charge is 0.317 e. The van der Waals surface area contributed by atoms with E-state index in [1.807, 2.05) is 45.9 Å². The van der Waals surface area contributed by atoms with Gasteiger partial charge in [-0.1, -0.05) is 124 Å². The van der Waals surface area contributed by atoms with Gasteiger partial charge in [0.25, 0.3) is 0 Å². The third kappa shape index (κ3) is 20.2. The maximum Gasteiger partial charge on any atom is 0.0246 e. The number of rotatable bonds is 10. The average molecular weight is 506 g/mol. The van der Waals surface area contributed by atoms with E-state index in [0.717, 1.165) is 18.4 Å². The van der Waals surface area contributed by atoms with Crippen molar-refractivity contribution in [1.82, 2.24) is 15.5 Å². The van der Waals surface area contributed by atoms with Crippen molar-refractivity contribution >= 4 is 0 Å². The van der Waals surface area contributed by atoms with Crippen LogP contribution in [0.5, 0.6) is 0 Å². The van der Waals surface area contributed by atoms with Crippen molar-refractivity contribution in [3.05, 3.63) is 35.9 Å². The molecule has 2 aliphatic rings. The van der Waals surface area contributed by atoms with E-state index < -0.39 is 0 Å². The summed E-state index contributed by atoms with van der Waals surface area (Å²) in [5, 5.41) is 7.45. The minimum atomic E-state index is 0.440. The predicted molar refractivity (Wildman–Crippen MR) is 166 cm³/mol. The molecule has 3 heteroatoms. The molecule has 0 aromatic heterocycles. The summed E-state index contributed by atoms with van der Waals surface area (Å²) in [6.07, 6.45) is 9.77. The van der Waals surface area contributed by atoms with Gasteiger partial charge in [0.05, 0.1) is 0 Å². The van der Waals surface area contributed by atoms with Gasteiger partial charge in [-0.25, -0.2) is 0 Å². The van der Waals surface area contributed by atoms with Crippen LogP contribution in [0.1, 0.15) is 113 Å². The Balaban J connectivity index is 0. The van der Waals surface area contributed by atoms with E-state index in [9.17, 15) is 0 Å². The van der Waals surface area contributed by atoms with Gasteiger partial charge in [0.1, 0.15) is 0 Å². The number of benzene rings is 1. The minimum Gasteiger partial charge on any atom is -0.317 e. The Morgan fingerprint density at radius 2 is 1.56 bits per heavy atom. The molecule has 1 aromatic rings. The molecular formula is C33H67N3. The summed E-state index contributed by atoms with van der Waals surface area (Å²) < 4.78 is 0. The molecule has 0 bridgehead atoms. The minimum absolute atomic E-state index is 0.440. The third-order valence-corrected chi connectivity index (χ3v) is 6.83. The third-order valence-electron chi connectivity index (χ3n) is 6.83. The molecule has 1 saturated heterocycles. The number of aryl methyl sites for hydroxylation is 1. The summed E-state index contributed by atoms with van der Waals surface area (Å²) >= 11 is 0. The van der Waals surface area contributed by atoms with Gasteiger partial charge in [0.2, 0.25) is 0 Å². The number of hydrogen-bond donors (Lipinski definition) is 2. The van der Waals surface area contributed by atoms with Crippen LogP contribution < -0.4 is 10.6 Å². The van der Waals surface area contributed by atoms with Gasteiger partial charge in [0.15, 0.2) is 0 Å². The van der Waals surface area contributed by atoms with E-state index in [1.54, 1.807) is 0 Å². The maximum atomic E-state index is 3.94. The molecule has 1 aliphatic heterocycles. The van der Waals surface area contributed by atoms with E-state index >= 15 is 0 Å². The van der Waals surface area contributed by atoms with Crippen molar-refractivity contribution in [3.8, 4) is 0 Å². The van der Waals surface area contributed by atoms with Crippen LogP contribution in [0.25, 0.3) is 0 Å². The molecule has 2 fully saturated rings. The Hall–Kier alpha value is -0.900. The molecule has 1 aromatic carbocycles. The molecule has 1 heterocycles. The number of likely N-dealkylation sites (N-methyl/N-ethyl adjacent to an activating group) is 1. The first kappa shape index (κ1) is 37.3. The van der Waals surface area contributed by atoms with Crippen LogP contribution in [0.4, 0.5) is 0 Å². The van der Waals surface area contributed by atoms with Gasteiger partial charge in [-0.15, -0.1) is 0 Å². The molecule has 3 nitrogen and oxygen atoms in total. The molecule has 2 atom stereocenters. The van der Waals surface area contributed by atoms with E-state index in [2.05, 4.69) is 76.3 Å². The second-order valence-electron chi connectivity index (χ2n) is 10.9. The van der Waals surface area contributed by atoms with Crippen LogP contribution in [0.2, 0.25) is 0 Å². The van der Waals surface area contributed by atoms with Crippen LogP contribution in [0.15, 0.2) is 30.3 Å². The van der Waals surface area contributed by atoms with Crippen molar-refractivity contribution in [2.24, 2.45) is 17.3 Å². The standard InChI is InChI=1S/C19H39N3.C7H8.C3H8.2C2H6/c1-5-20-12-10-17(9-8-16-6-7-16)14-21-18-15-22(4)13-11-19(18,2)3;1-7-5-3-2-4-6-7;1-3-2;2*1-2/h16-18,20-21H,5-15H2,1-4H3;2-6H,1H3;3H2,1-2H3;2*1-2H3. The Morgan fingerprint density at radius 1 is 0.972 bits per heavy atom. The summed E-state index contributed by atoms with van der Waals surface area (Å²) in [7, 11) is 2.26. The Labute approximate surface area is 228 Å². The van der Waals surface area contributed by atoms with Crippen molar-refractivity contribution in [2.75, 3.05) is 39.8 Å². The summed E-state index contributed by atoms with van der Waals surface area (Å²) in [6.45, 7) is 27.4. The zero-order valence-corrected chi connectivity index (χ0v) is 26.6. The molecule has 2 unspecified atom stereocenters. The fourth-order valence-electron chi connectivity index (χ4n) is 4.20. The zero-order valence-electron chi connectivity index (χ0n) is 26.6. The first-order valence-corrected chi connectivity index (χ1v) is 15.5. The van der Waals surface area contributed by atoms with Gasteiger partial charge < -0.3 is 15.5 Å². The molecule has 0 amide bonds. The highest BCUT2D eigenvalue weighted by Gasteiger charge is 2.34. The first-order chi connectivity index (χ1) is 17.3. The quantitative estimate of drug-likeness (QED) is 0.312. The SMILES string of the molecule is CC.CC.CCC.CCNCCC(CCC1CC1)CNC1CN(C)CCC1(C)C.Cc1ccccc1. The highest BCUT2D eigenvalue weighted by Crippen LogP contribution is 2.35. The summed E-state index contributed by atoms with van der Waals surface area (Å²) in [6, 6.07) is 10.9. The Bertz CT molecular complexity index is 553. The van der Waals surface area contributed by atoms with Crippen molar-refractivity contribution in [3.63, 3.8) is 0 Å². The number of likely N-dealkylation sites (tertiary alicyclic amines) is 1. The lowest BCUT2D eigenvalue weighted by Gasteiger charge is -2.43. The molecule has 214 valence electrons. The molecule has 1 saturated carbocycles. The van der Waals surface area contributed by atoms with Gasteiger partial charge in [-0.05, 0) is 76.7 Å². The first-order valence-electron chi connectivity index (χ1n) is 15.5. The van der Waals surface area contributed by atoms with E-state index in [-0.39, 0.29) is 0 Å². The predicted octanol–water partition coefficient (Wildman–Crippen LogP) is 8.58. The van der Waals surface area contributed by atoms with Gasteiger partial charge in [-0.2, -0.15) is 0 Å². The molecule has 0 spiro atoms. The van der Waals surface area contributed by atoms with Crippen LogP contribution in [-0.4, -0.2) is 50.7 Å². The fraction of sp³-hybridized carbons (Fsp3) is 0.818. The van der Waals surface area contributed by atoms with E-state index in [0.29, 0.717) is 11.5 Å². The van der Waals surface area contributed by atoms with Crippen molar-refractivity contribution in [2.45, 2.75) is 120 Å². The number of nitrogens with one attached hydrogen (secondary N) is 2. The normalized spacial score (nSPS) is 19.0. The van der Waals surface area contributed by atoms with Crippen LogP contribution in [0.3, 0.4) is 0 Å². The smallest absolute Gasteiger partial charge is 0.0246 e. The number of nitrogens with zero attached hydrogens (tertiary/aromatic N) is 1. The second kappa shape index (κ2) is 24.4. The average Bonchev–Trinajstić information content (AvgIpc) is 3.71. The van der Waals surface area contributed by atoms with E-state index in [4.69, 9.17) is 0 Å². The van der Waals surface area contributed by atoms with E-state index in [1.165, 1.54) is 76.7 Å². The lowest BCUT2D eigenvalue weighted by molar-refractivity contribution is 0.0991. The summed E-state index contributed by atoms with van der Waals surface area (Å²) in [4.78, 5) is 2.49. The highest BCUT2D eigenvalue weighted by atomic mass is 15.1. The van der Waals surface area contributed by atoms with Crippen LogP contribution >= 0.6 is 0 Å². The Kier molecular flexibility index (Phi) is 25.3. The van der Waals surface area contributed by atoms with Gasteiger partial charge in [0, 0.05) is 12.6 Å². The molecule has 36 heavy (non-hydrogen) atoms. The summed E-state index contributed by atoms with van der Waals surface area (Å²) in [5.41, 5.74) is 1.76. The number of piperidine rings is 1. The van der Waals surface area contributed by atoms with Crippen molar-refractivity contribution in [1.29, 1.82) is 0 Å². The lowest BCUT2D eigenvalue weighted by atomic mass is 9.78. The zero-order chi connectivity index (χ0) is 27.8. The Morgan fingerprint density at radius 3 is 2.03 bits per heavy atom. The maximum absolute atomic E-state index is 3.94.